The highest BCUT2D eigenvalue weighted by Gasteiger charge is 2.73. The number of benzene rings is 1. The summed E-state index contributed by atoms with van der Waals surface area (Å²) in [5.74, 6) is -11.5. The molecule has 0 spiro atoms. The van der Waals surface area contributed by atoms with Crippen LogP contribution in [0.5, 0.6) is 0 Å². The Labute approximate surface area is 120 Å². The summed E-state index contributed by atoms with van der Waals surface area (Å²) in [7, 11) is 0.924. The van der Waals surface area contributed by atoms with Crippen molar-refractivity contribution in [3.8, 4) is 0 Å². The molecule has 9 heteroatoms. The predicted octanol–water partition coefficient (Wildman–Crippen LogP) is 5.25. The van der Waals surface area contributed by atoms with Gasteiger partial charge in [-0.2, -0.15) is 30.7 Å². The Hall–Kier alpha value is -1.02. The Morgan fingerprint density at radius 2 is 1.67 bits per heavy atom. The number of methoxy groups -OCH3 is 1. The Balaban J connectivity index is 3.05. The maximum atomic E-state index is 13.3. The van der Waals surface area contributed by atoms with Crippen molar-refractivity contribution in [2.75, 3.05) is 7.11 Å². The van der Waals surface area contributed by atoms with Gasteiger partial charge in [0.25, 0.3) is 0 Å². The summed E-state index contributed by atoms with van der Waals surface area (Å²) < 4.78 is 93.1. The van der Waals surface area contributed by atoms with E-state index in [0.29, 0.717) is 0 Å². The van der Waals surface area contributed by atoms with Crippen molar-refractivity contribution in [2.45, 2.75) is 30.5 Å². The Morgan fingerprint density at radius 1 is 1.10 bits per heavy atom. The van der Waals surface area contributed by atoms with Gasteiger partial charge in [-0.15, -0.1) is 0 Å². The van der Waals surface area contributed by atoms with Crippen molar-refractivity contribution < 1.29 is 35.5 Å². The zero-order valence-electron chi connectivity index (χ0n) is 10.5. The molecule has 1 unspecified atom stereocenters. The van der Waals surface area contributed by atoms with Gasteiger partial charge in [0.05, 0.1) is 6.10 Å². The molecular weight excluding hydrogens is 329 g/mol. The molecule has 0 fully saturated rings. The van der Waals surface area contributed by atoms with E-state index in [9.17, 15) is 30.7 Å². The highest BCUT2D eigenvalue weighted by molar-refractivity contribution is 6.30. The molecule has 21 heavy (non-hydrogen) atoms. The van der Waals surface area contributed by atoms with Gasteiger partial charge in [0.15, 0.2) is 0 Å². The first kappa shape index (κ1) is 18.0. The monoisotopic (exact) mass is 338 g/mol. The molecule has 0 aliphatic rings. The van der Waals surface area contributed by atoms with Crippen LogP contribution in [0.2, 0.25) is 5.02 Å². The van der Waals surface area contributed by atoms with Crippen LogP contribution in [0.1, 0.15) is 18.1 Å². The summed E-state index contributed by atoms with van der Waals surface area (Å²) >= 11 is 5.61. The van der Waals surface area contributed by atoms with Gasteiger partial charge in [0, 0.05) is 18.6 Å². The molecule has 120 valence electrons. The minimum atomic E-state index is -6.36. The van der Waals surface area contributed by atoms with Crippen LogP contribution in [0.15, 0.2) is 24.3 Å². The second kappa shape index (κ2) is 6.00. The van der Waals surface area contributed by atoms with Gasteiger partial charge in [-0.3, -0.25) is 0 Å². The fourth-order valence-electron chi connectivity index (χ4n) is 1.61. The first-order valence-electron chi connectivity index (χ1n) is 5.53. The van der Waals surface area contributed by atoms with Crippen LogP contribution in [0.25, 0.3) is 0 Å². The van der Waals surface area contributed by atoms with E-state index in [-0.39, 0.29) is 10.6 Å². The third kappa shape index (κ3) is 3.79. The maximum absolute atomic E-state index is 13.3. The second-order valence-corrected chi connectivity index (χ2v) is 4.70. The van der Waals surface area contributed by atoms with Crippen molar-refractivity contribution in [1.29, 1.82) is 0 Å². The van der Waals surface area contributed by atoms with Crippen molar-refractivity contribution in [2.24, 2.45) is 0 Å². The summed E-state index contributed by atoms with van der Waals surface area (Å²) in [6, 6.07) is 5.11. The highest BCUT2D eigenvalue weighted by atomic mass is 35.5. The summed E-state index contributed by atoms with van der Waals surface area (Å²) in [5, 5.41) is 0.112. The number of rotatable bonds is 5. The number of hydrogen-bond acceptors (Lipinski definition) is 1. The quantitative estimate of drug-likeness (QED) is 0.666. The van der Waals surface area contributed by atoms with Gasteiger partial charge >= 0.3 is 18.0 Å². The number of hydrogen-bond donors (Lipinski definition) is 0. The highest BCUT2D eigenvalue weighted by Crippen LogP contribution is 2.50. The Bertz CT molecular complexity index is 487. The molecule has 0 radical (unpaired) electrons. The minimum Gasteiger partial charge on any atom is -0.377 e. The number of alkyl halides is 7. The average Bonchev–Trinajstić information content (AvgIpc) is 2.34. The lowest BCUT2D eigenvalue weighted by Crippen LogP contribution is -2.52. The fourth-order valence-corrected chi connectivity index (χ4v) is 1.81. The smallest absolute Gasteiger partial charge is 0.377 e. The van der Waals surface area contributed by atoms with Crippen LogP contribution in [0, 0.1) is 0 Å². The Morgan fingerprint density at radius 3 is 2.10 bits per heavy atom. The van der Waals surface area contributed by atoms with Crippen LogP contribution >= 0.6 is 11.6 Å². The van der Waals surface area contributed by atoms with Gasteiger partial charge in [-0.1, -0.05) is 23.7 Å². The third-order valence-electron chi connectivity index (χ3n) is 2.76. The summed E-state index contributed by atoms with van der Waals surface area (Å²) in [6.45, 7) is 0. The van der Waals surface area contributed by atoms with Gasteiger partial charge in [-0.25, -0.2) is 0 Å². The standard InChI is InChI=1S/C12H10ClF7O/c1-21-9(7-3-2-4-8(13)5-7)6-10(14,15)11(16,17)12(18,19)20/h2-5,9H,6H2,1H3. The molecule has 1 atom stereocenters. The molecule has 1 aromatic carbocycles. The van der Waals surface area contributed by atoms with Crippen molar-refractivity contribution >= 4 is 11.6 Å². The van der Waals surface area contributed by atoms with E-state index in [1.54, 1.807) is 0 Å². The summed E-state index contributed by atoms with van der Waals surface area (Å²) in [4.78, 5) is 0. The van der Waals surface area contributed by atoms with E-state index in [2.05, 4.69) is 4.74 Å². The van der Waals surface area contributed by atoms with Crippen LogP contribution in [-0.4, -0.2) is 25.1 Å². The zero-order valence-corrected chi connectivity index (χ0v) is 11.3. The van der Waals surface area contributed by atoms with E-state index < -0.39 is 30.5 Å². The van der Waals surface area contributed by atoms with Crippen molar-refractivity contribution in [3.63, 3.8) is 0 Å². The van der Waals surface area contributed by atoms with Crippen LogP contribution in [0.3, 0.4) is 0 Å². The van der Waals surface area contributed by atoms with Crippen molar-refractivity contribution in [1.82, 2.24) is 0 Å². The summed E-state index contributed by atoms with van der Waals surface area (Å²) in [5.41, 5.74) is -0.0253. The summed E-state index contributed by atoms with van der Waals surface area (Å²) in [6.07, 6.45) is -9.86. The van der Waals surface area contributed by atoms with E-state index in [4.69, 9.17) is 11.6 Å². The molecule has 0 aliphatic heterocycles. The normalized spacial score (nSPS) is 15.1. The third-order valence-corrected chi connectivity index (χ3v) is 3.00. The molecular formula is C12H10ClF7O. The molecule has 0 N–H and O–H groups in total. The van der Waals surface area contributed by atoms with Crippen LogP contribution < -0.4 is 0 Å². The predicted molar refractivity (Wildman–Crippen MR) is 61.8 cm³/mol. The Kier molecular flexibility index (Phi) is 5.15. The SMILES string of the molecule is COC(CC(F)(F)C(F)(F)C(F)(F)F)c1cccc(Cl)c1. The van der Waals surface area contributed by atoms with E-state index in [1.807, 2.05) is 0 Å². The maximum Gasteiger partial charge on any atom is 0.459 e. The molecule has 0 saturated carbocycles. The minimum absolute atomic E-state index is 0.0253. The van der Waals surface area contributed by atoms with Crippen LogP contribution in [0.4, 0.5) is 30.7 Å². The topological polar surface area (TPSA) is 9.23 Å². The number of ether oxygens (including phenoxy) is 1. The first-order chi connectivity index (χ1) is 9.42. The molecule has 0 amide bonds. The zero-order chi connectivity index (χ0) is 16.5. The second-order valence-electron chi connectivity index (χ2n) is 4.26. The van der Waals surface area contributed by atoms with Gasteiger partial charge < -0.3 is 4.74 Å². The molecule has 0 aliphatic carbocycles. The molecule has 1 nitrogen and oxygen atoms in total. The fraction of sp³-hybridized carbons (Fsp3) is 0.500. The van der Waals surface area contributed by atoms with Crippen molar-refractivity contribution in [3.05, 3.63) is 34.9 Å². The van der Waals surface area contributed by atoms with E-state index >= 15 is 0 Å². The molecule has 0 bridgehead atoms. The van der Waals surface area contributed by atoms with Gasteiger partial charge in [0.1, 0.15) is 0 Å². The average molecular weight is 339 g/mol. The van der Waals surface area contributed by atoms with Gasteiger partial charge in [0.2, 0.25) is 0 Å². The molecule has 0 heterocycles. The van der Waals surface area contributed by atoms with E-state index in [0.717, 1.165) is 13.2 Å². The lowest BCUT2D eigenvalue weighted by molar-refractivity contribution is -0.358. The van der Waals surface area contributed by atoms with Gasteiger partial charge in [-0.05, 0) is 17.7 Å². The van der Waals surface area contributed by atoms with Crippen LogP contribution in [-0.2, 0) is 4.74 Å². The lowest BCUT2D eigenvalue weighted by Gasteiger charge is -2.30. The lowest BCUT2D eigenvalue weighted by atomic mass is 9.98. The molecule has 0 aromatic heterocycles. The first-order valence-corrected chi connectivity index (χ1v) is 5.91. The van der Waals surface area contributed by atoms with E-state index in [1.165, 1.54) is 18.2 Å². The number of halogens is 8. The largest absolute Gasteiger partial charge is 0.459 e. The molecule has 1 rings (SSSR count). The molecule has 1 aromatic rings. The molecule has 0 saturated heterocycles.